The summed E-state index contributed by atoms with van der Waals surface area (Å²) < 4.78 is 4.53. The maximum absolute atomic E-state index is 10.8. The number of benzene rings is 1. The summed E-state index contributed by atoms with van der Waals surface area (Å²) in [5.74, 6) is 0. The van der Waals surface area contributed by atoms with Gasteiger partial charge in [-0.1, -0.05) is 30.3 Å². The summed E-state index contributed by atoms with van der Waals surface area (Å²) in [6.45, 7) is 0. The van der Waals surface area contributed by atoms with Crippen LogP contribution < -0.4 is 5.30 Å². The maximum Gasteiger partial charge on any atom is 0.327 e. The van der Waals surface area contributed by atoms with Gasteiger partial charge in [0.15, 0.2) is 0 Å². The lowest BCUT2D eigenvalue weighted by molar-refractivity contribution is 0.200. The third-order valence-electron chi connectivity index (χ3n) is 1.21. The maximum atomic E-state index is 10.8. The van der Waals surface area contributed by atoms with E-state index in [1.807, 2.05) is 30.3 Å². The molecule has 1 unspecified atom stereocenters. The Labute approximate surface area is 67.4 Å². The van der Waals surface area contributed by atoms with E-state index >= 15 is 0 Å². The molecule has 58 valence electrons. The number of carbonyl (C=O) groups is 1. The van der Waals surface area contributed by atoms with Crippen LogP contribution >= 0.6 is 8.58 Å². The molecule has 1 aromatic rings. The molecular weight excluding hydrogens is 159 g/mol. The normalized spacial score (nSPS) is 10.3. The average molecular weight is 168 g/mol. The Balaban J connectivity index is 2.58. The molecule has 0 spiro atoms. The quantitative estimate of drug-likeness (QED) is 0.629. The SMILES string of the molecule is COC(=O)Pc1ccccc1. The first-order valence-electron chi connectivity index (χ1n) is 3.23. The summed E-state index contributed by atoms with van der Waals surface area (Å²) in [5.41, 5.74) is -0.170. The van der Waals surface area contributed by atoms with Gasteiger partial charge in [-0.25, -0.2) is 4.79 Å². The first kappa shape index (κ1) is 8.22. The molecule has 0 heterocycles. The van der Waals surface area contributed by atoms with Gasteiger partial charge in [0.1, 0.15) is 0 Å². The molecule has 0 amide bonds. The first-order chi connectivity index (χ1) is 5.33. The fourth-order valence-electron chi connectivity index (χ4n) is 0.690. The van der Waals surface area contributed by atoms with Gasteiger partial charge in [-0.15, -0.1) is 0 Å². The van der Waals surface area contributed by atoms with E-state index in [1.165, 1.54) is 7.11 Å². The van der Waals surface area contributed by atoms with Crippen molar-refractivity contribution in [3.05, 3.63) is 30.3 Å². The third kappa shape index (κ3) is 2.69. The van der Waals surface area contributed by atoms with E-state index in [-0.39, 0.29) is 14.3 Å². The highest BCUT2D eigenvalue weighted by Gasteiger charge is 1.99. The molecule has 0 bridgehead atoms. The number of rotatable bonds is 2. The van der Waals surface area contributed by atoms with E-state index in [9.17, 15) is 4.79 Å². The van der Waals surface area contributed by atoms with Crippen molar-refractivity contribution in [3.63, 3.8) is 0 Å². The van der Waals surface area contributed by atoms with Crippen molar-refractivity contribution in [2.45, 2.75) is 0 Å². The van der Waals surface area contributed by atoms with Crippen molar-refractivity contribution >= 4 is 19.6 Å². The highest BCUT2D eigenvalue weighted by molar-refractivity contribution is 7.64. The van der Waals surface area contributed by atoms with Gasteiger partial charge in [0.25, 0.3) is 0 Å². The van der Waals surface area contributed by atoms with Gasteiger partial charge in [-0.05, 0) is 5.30 Å². The molecule has 11 heavy (non-hydrogen) atoms. The molecule has 3 heteroatoms. The minimum Gasteiger partial charge on any atom is -0.466 e. The van der Waals surface area contributed by atoms with Crippen LogP contribution in [0.25, 0.3) is 0 Å². The van der Waals surface area contributed by atoms with E-state index in [1.54, 1.807) is 0 Å². The van der Waals surface area contributed by atoms with Gasteiger partial charge >= 0.3 is 5.71 Å². The Hall–Kier alpha value is -0.880. The third-order valence-corrected chi connectivity index (χ3v) is 2.24. The van der Waals surface area contributed by atoms with Gasteiger partial charge in [-0.3, -0.25) is 0 Å². The molecule has 1 rings (SSSR count). The van der Waals surface area contributed by atoms with Crippen LogP contribution in [0, 0.1) is 0 Å². The van der Waals surface area contributed by atoms with Crippen molar-refractivity contribution in [1.82, 2.24) is 0 Å². The summed E-state index contributed by atoms with van der Waals surface area (Å²) in [4.78, 5) is 10.8. The van der Waals surface area contributed by atoms with Crippen molar-refractivity contribution in [2.75, 3.05) is 7.11 Å². The van der Waals surface area contributed by atoms with Crippen LogP contribution in [0.3, 0.4) is 0 Å². The lowest BCUT2D eigenvalue weighted by atomic mass is 10.4. The number of methoxy groups -OCH3 is 1. The molecule has 0 saturated heterocycles. The molecule has 0 aromatic heterocycles. The fourth-order valence-corrected chi connectivity index (χ4v) is 1.39. The smallest absolute Gasteiger partial charge is 0.327 e. The molecule has 0 aliphatic heterocycles. The molecular formula is C8H9O2P. The predicted molar refractivity (Wildman–Crippen MR) is 46.8 cm³/mol. The number of hydrogen-bond donors (Lipinski definition) is 0. The van der Waals surface area contributed by atoms with Crippen LogP contribution in [0.15, 0.2) is 30.3 Å². The van der Waals surface area contributed by atoms with E-state index in [2.05, 4.69) is 4.74 Å². The predicted octanol–water partition coefficient (Wildman–Crippen LogP) is 1.76. The summed E-state index contributed by atoms with van der Waals surface area (Å²) in [6, 6.07) is 9.56. The van der Waals surface area contributed by atoms with Crippen LogP contribution in [0.4, 0.5) is 4.79 Å². The summed E-state index contributed by atoms with van der Waals surface area (Å²) >= 11 is 0. The van der Waals surface area contributed by atoms with E-state index in [0.717, 1.165) is 5.30 Å². The molecule has 1 aromatic carbocycles. The highest BCUT2D eigenvalue weighted by atomic mass is 31.1. The second-order valence-electron chi connectivity index (χ2n) is 1.98. The Bertz CT molecular complexity index is 233. The van der Waals surface area contributed by atoms with Gasteiger partial charge in [0, 0.05) is 8.58 Å². The van der Waals surface area contributed by atoms with Crippen molar-refractivity contribution < 1.29 is 9.53 Å². The van der Waals surface area contributed by atoms with Crippen LogP contribution in [0.5, 0.6) is 0 Å². The lowest BCUT2D eigenvalue weighted by Gasteiger charge is -1.97. The standard InChI is InChI=1S/C8H9O2P/c1-10-8(9)11-7-5-3-2-4-6-7/h2-6,11H,1H3. The van der Waals surface area contributed by atoms with Crippen LogP contribution in [0.2, 0.25) is 0 Å². The van der Waals surface area contributed by atoms with Gasteiger partial charge in [0.2, 0.25) is 0 Å². The van der Waals surface area contributed by atoms with E-state index in [4.69, 9.17) is 0 Å². The average Bonchev–Trinajstić information content (AvgIpc) is 2.06. The summed E-state index contributed by atoms with van der Waals surface area (Å²) in [6.07, 6.45) is 0. The van der Waals surface area contributed by atoms with Crippen LogP contribution in [0.1, 0.15) is 0 Å². The van der Waals surface area contributed by atoms with Crippen LogP contribution in [-0.2, 0) is 4.74 Å². The molecule has 0 N–H and O–H groups in total. The van der Waals surface area contributed by atoms with Crippen molar-refractivity contribution in [1.29, 1.82) is 0 Å². The van der Waals surface area contributed by atoms with E-state index in [0.29, 0.717) is 0 Å². The van der Waals surface area contributed by atoms with Crippen LogP contribution in [-0.4, -0.2) is 12.8 Å². The Morgan fingerprint density at radius 1 is 1.36 bits per heavy atom. The second kappa shape index (κ2) is 4.09. The van der Waals surface area contributed by atoms with E-state index < -0.39 is 0 Å². The second-order valence-corrected chi connectivity index (χ2v) is 3.22. The molecule has 0 aliphatic carbocycles. The largest absolute Gasteiger partial charge is 0.466 e. The minimum absolute atomic E-state index is 0.117. The first-order valence-corrected chi connectivity index (χ1v) is 4.23. The molecule has 0 saturated carbocycles. The summed E-state index contributed by atoms with van der Waals surface area (Å²) in [7, 11) is 1.52. The lowest BCUT2D eigenvalue weighted by Crippen LogP contribution is -1.98. The monoisotopic (exact) mass is 168 g/mol. The van der Waals surface area contributed by atoms with Gasteiger partial charge in [0.05, 0.1) is 7.11 Å². The number of ether oxygens (including phenoxy) is 1. The molecule has 0 fully saturated rings. The van der Waals surface area contributed by atoms with Crippen molar-refractivity contribution in [2.24, 2.45) is 0 Å². The zero-order chi connectivity index (χ0) is 8.10. The molecule has 1 atom stereocenters. The Morgan fingerprint density at radius 2 is 2.00 bits per heavy atom. The van der Waals surface area contributed by atoms with Crippen molar-refractivity contribution in [3.8, 4) is 0 Å². The summed E-state index contributed by atoms with van der Waals surface area (Å²) in [5, 5.41) is 1.01. The number of hydrogen-bond acceptors (Lipinski definition) is 2. The van der Waals surface area contributed by atoms with Gasteiger partial charge < -0.3 is 4.74 Å². The Morgan fingerprint density at radius 3 is 2.55 bits per heavy atom. The fraction of sp³-hybridized carbons (Fsp3) is 0.125. The zero-order valence-electron chi connectivity index (χ0n) is 6.20. The topological polar surface area (TPSA) is 26.3 Å². The molecule has 0 radical (unpaired) electrons. The molecule has 0 aliphatic rings. The number of carbonyl (C=O) groups excluding carboxylic acids is 1. The minimum atomic E-state index is -0.170. The zero-order valence-corrected chi connectivity index (χ0v) is 7.20. The Kier molecular flexibility index (Phi) is 3.06. The highest BCUT2D eigenvalue weighted by Crippen LogP contribution is 2.11. The van der Waals surface area contributed by atoms with Gasteiger partial charge in [-0.2, -0.15) is 0 Å². The molecule has 2 nitrogen and oxygen atoms in total.